The molecule has 1 N–H and O–H groups in total. The molecule has 1 saturated heterocycles. The van der Waals surface area contributed by atoms with Gasteiger partial charge in [0, 0.05) is 31.4 Å². The van der Waals surface area contributed by atoms with Crippen LogP contribution in [0.2, 0.25) is 0 Å². The lowest BCUT2D eigenvalue weighted by atomic mass is 10.0. The minimum atomic E-state index is -5.07. The van der Waals surface area contributed by atoms with E-state index in [1.54, 1.807) is 27.7 Å². The van der Waals surface area contributed by atoms with E-state index in [1.807, 2.05) is 0 Å². The van der Waals surface area contributed by atoms with Crippen molar-refractivity contribution in [2.24, 2.45) is 0 Å². The number of methoxy groups -OCH3 is 1. The lowest BCUT2D eigenvalue weighted by molar-refractivity contribution is -0.143. The van der Waals surface area contributed by atoms with Crippen LogP contribution in [0.5, 0.6) is 0 Å². The summed E-state index contributed by atoms with van der Waals surface area (Å²) in [4.78, 5) is 49.8. The number of carbonyl (C=O) groups is 3. The highest BCUT2D eigenvalue weighted by atomic mass is 19.4. The van der Waals surface area contributed by atoms with Gasteiger partial charge in [-0.3, -0.25) is 4.79 Å². The van der Waals surface area contributed by atoms with Gasteiger partial charge in [-0.2, -0.15) is 26.3 Å². The molecule has 2 aromatic rings. The van der Waals surface area contributed by atoms with E-state index in [-0.39, 0.29) is 48.7 Å². The third kappa shape index (κ3) is 6.62. The minimum absolute atomic E-state index is 0.0369. The first-order chi connectivity index (χ1) is 18.4. The van der Waals surface area contributed by atoms with E-state index in [9.17, 15) is 40.7 Å². The number of aryl methyl sites for hydroxylation is 1. The summed E-state index contributed by atoms with van der Waals surface area (Å²) in [7, 11) is 1.15. The van der Waals surface area contributed by atoms with E-state index in [1.165, 1.54) is 9.80 Å². The van der Waals surface area contributed by atoms with Crippen molar-refractivity contribution in [1.29, 1.82) is 0 Å². The number of piperazine rings is 1. The van der Waals surface area contributed by atoms with Gasteiger partial charge in [-0.1, -0.05) is 13.8 Å². The quantitative estimate of drug-likeness (QED) is 0.402. The molecule has 1 aromatic heterocycles. The van der Waals surface area contributed by atoms with Crippen molar-refractivity contribution < 1.29 is 45.5 Å². The van der Waals surface area contributed by atoms with Crippen LogP contribution >= 0.6 is 0 Å². The molecular formula is C25H27F6N5O4. The molecule has 1 aromatic carbocycles. The summed E-state index contributed by atoms with van der Waals surface area (Å²) in [5, 5.41) is 2.10. The number of esters is 1. The van der Waals surface area contributed by atoms with Crippen LogP contribution in [0, 0.1) is 6.92 Å². The molecule has 2 heterocycles. The molecule has 1 unspecified atom stereocenters. The number of hydrogen-bond donors (Lipinski definition) is 1. The maximum atomic E-state index is 13.4. The third-order valence-corrected chi connectivity index (χ3v) is 6.20. The Morgan fingerprint density at radius 3 is 2.05 bits per heavy atom. The lowest BCUT2D eigenvalue weighted by Crippen LogP contribution is -2.56. The van der Waals surface area contributed by atoms with Crippen LogP contribution in [0.25, 0.3) is 0 Å². The van der Waals surface area contributed by atoms with Crippen molar-refractivity contribution in [2.75, 3.05) is 32.1 Å². The number of nitrogens with one attached hydrogen (secondary N) is 1. The number of urea groups is 1. The van der Waals surface area contributed by atoms with E-state index in [0.29, 0.717) is 17.8 Å². The molecular weight excluding hydrogens is 548 g/mol. The number of hydrogen-bond acceptors (Lipinski definition) is 6. The van der Waals surface area contributed by atoms with Gasteiger partial charge in [0.15, 0.2) is 0 Å². The summed E-state index contributed by atoms with van der Waals surface area (Å²) < 4.78 is 83.9. The largest absolute Gasteiger partial charge is 0.465 e. The Morgan fingerprint density at radius 1 is 1.00 bits per heavy atom. The standard InChI is InChI=1S/C25H27F6N5O4/c1-12(2)19-18(22(38)40-5)20(33-14(4)32-19)21(37)35-6-7-36(13(3)11-35)23(39)34-17-9-15(24(26,27)28)8-16(10-17)25(29,30)31/h8-10,12-13H,6-7,11H2,1-5H3,(H,34,39). The number of ether oxygens (including phenoxy) is 1. The molecule has 3 amide bonds. The molecule has 15 heteroatoms. The Hall–Kier alpha value is -3.91. The Balaban J connectivity index is 1.83. The Bertz CT molecular complexity index is 1280. The van der Waals surface area contributed by atoms with Crippen molar-refractivity contribution in [3.05, 3.63) is 52.1 Å². The zero-order chi connectivity index (χ0) is 30.2. The molecule has 1 aliphatic rings. The number of halogens is 6. The molecule has 9 nitrogen and oxygen atoms in total. The number of nitrogens with zero attached hydrogens (tertiary/aromatic N) is 4. The van der Waals surface area contributed by atoms with Crippen LogP contribution < -0.4 is 5.32 Å². The van der Waals surface area contributed by atoms with Gasteiger partial charge < -0.3 is 19.9 Å². The number of alkyl halides is 6. The van der Waals surface area contributed by atoms with Crippen molar-refractivity contribution in [3.8, 4) is 0 Å². The molecule has 0 radical (unpaired) electrons. The zero-order valence-electron chi connectivity index (χ0n) is 22.2. The summed E-state index contributed by atoms with van der Waals surface area (Å²) >= 11 is 0. The molecule has 1 atom stereocenters. The first-order valence-electron chi connectivity index (χ1n) is 12.1. The van der Waals surface area contributed by atoms with E-state index in [2.05, 4.69) is 15.3 Å². The number of carbonyl (C=O) groups excluding carboxylic acids is 3. The van der Waals surface area contributed by atoms with Crippen molar-refractivity contribution in [1.82, 2.24) is 19.8 Å². The Labute approximate surface area is 225 Å². The maximum Gasteiger partial charge on any atom is 0.416 e. The monoisotopic (exact) mass is 575 g/mol. The second kappa shape index (κ2) is 11.3. The SMILES string of the molecule is COC(=O)c1c(C(=O)N2CCN(C(=O)Nc3cc(C(F)(F)F)cc(C(F)(F)F)c3)C(C)C2)nc(C)nc1C(C)C. The van der Waals surface area contributed by atoms with Gasteiger partial charge in [-0.05, 0) is 38.0 Å². The van der Waals surface area contributed by atoms with Crippen molar-refractivity contribution in [3.63, 3.8) is 0 Å². The second-order valence-electron chi connectivity index (χ2n) is 9.54. The fourth-order valence-electron chi connectivity index (χ4n) is 4.29. The van der Waals surface area contributed by atoms with Gasteiger partial charge in [0.1, 0.15) is 17.1 Å². The number of benzene rings is 1. The molecule has 0 bridgehead atoms. The lowest BCUT2D eigenvalue weighted by Gasteiger charge is -2.39. The molecule has 1 aliphatic heterocycles. The highest BCUT2D eigenvalue weighted by Crippen LogP contribution is 2.37. The van der Waals surface area contributed by atoms with E-state index in [4.69, 9.17) is 4.74 Å². The normalized spacial score (nSPS) is 16.2. The first kappa shape index (κ1) is 30.6. The average molecular weight is 576 g/mol. The molecule has 218 valence electrons. The van der Waals surface area contributed by atoms with Crippen LogP contribution in [0.1, 0.15) is 70.2 Å². The molecule has 1 fully saturated rings. The van der Waals surface area contributed by atoms with Gasteiger partial charge in [-0.25, -0.2) is 19.6 Å². The number of amides is 3. The molecule has 40 heavy (non-hydrogen) atoms. The van der Waals surface area contributed by atoms with E-state index in [0.717, 1.165) is 7.11 Å². The molecule has 0 aliphatic carbocycles. The molecule has 3 rings (SSSR count). The number of rotatable bonds is 4. The van der Waals surface area contributed by atoms with Crippen LogP contribution in [0.15, 0.2) is 18.2 Å². The van der Waals surface area contributed by atoms with E-state index < -0.39 is 53.1 Å². The number of aromatic nitrogens is 2. The summed E-state index contributed by atoms with van der Waals surface area (Å²) in [6.07, 6.45) is -10.1. The average Bonchev–Trinajstić information content (AvgIpc) is 2.85. The topological polar surface area (TPSA) is 105 Å². The Morgan fingerprint density at radius 2 is 1.57 bits per heavy atom. The summed E-state index contributed by atoms with van der Waals surface area (Å²) in [6, 6.07) is -0.849. The summed E-state index contributed by atoms with van der Waals surface area (Å²) in [6.45, 7) is 6.48. The Kier molecular flexibility index (Phi) is 8.65. The van der Waals surface area contributed by atoms with Crippen LogP contribution in [0.4, 0.5) is 36.8 Å². The van der Waals surface area contributed by atoms with Gasteiger partial charge in [-0.15, -0.1) is 0 Å². The van der Waals surface area contributed by atoms with Gasteiger partial charge in [0.25, 0.3) is 5.91 Å². The van der Waals surface area contributed by atoms with Crippen molar-refractivity contribution in [2.45, 2.75) is 52.0 Å². The van der Waals surface area contributed by atoms with E-state index >= 15 is 0 Å². The maximum absolute atomic E-state index is 13.4. The van der Waals surface area contributed by atoms with Gasteiger partial charge >= 0.3 is 24.4 Å². The van der Waals surface area contributed by atoms with Crippen LogP contribution in [0.3, 0.4) is 0 Å². The molecule has 0 spiro atoms. The highest BCUT2D eigenvalue weighted by molar-refractivity contribution is 6.04. The fraction of sp³-hybridized carbons (Fsp3) is 0.480. The molecule has 0 saturated carbocycles. The first-order valence-corrected chi connectivity index (χ1v) is 12.1. The third-order valence-electron chi connectivity index (χ3n) is 6.20. The van der Waals surface area contributed by atoms with Crippen LogP contribution in [-0.4, -0.2) is 70.5 Å². The van der Waals surface area contributed by atoms with Gasteiger partial charge in [0.05, 0.1) is 23.9 Å². The zero-order valence-corrected chi connectivity index (χ0v) is 22.2. The predicted molar refractivity (Wildman–Crippen MR) is 130 cm³/mol. The second-order valence-corrected chi connectivity index (χ2v) is 9.54. The summed E-state index contributed by atoms with van der Waals surface area (Å²) in [5.74, 6) is -1.40. The van der Waals surface area contributed by atoms with Crippen molar-refractivity contribution >= 4 is 23.6 Å². The predicted octanol–water partition coefficient (Wildman–Crippen LogP) is 5.11. The van der Waals surface area contributed by atoms with Crippen LogP contribution in [-0.2, 0) is 17.1 Å². The fourth-order valence-corrected chi connectivity index (χ4v) is 4.29. The summed E-state index contributed by atoms with van der Waals surface area (Å²) in [5.41, 5.74) is -3.74. The minimum Gasteiger partial charge on any atom is -0.465 e. The highest BCUT2D eigenvalue weighted by Gasteiger charge is 2.38. The smallest absolute Gasteiger partial charge is 0.416 e. The van der Waals surface area contributed by atoms with Gasteiger partial charge in [0.2, 0.25) is 0 Å². The number of anilines is 1.